The molecule has 24 heteroatoms. The highest BCUT2D eigenvalue weighted by atomic mass is 32.2. The van der Waals surface area contributed by atoms with E-state index in [1.165, 1.54) is 0 Å². The molecule has 6 nitrogen and oxygen atoms in total. The van der Waals surface area contributed by atoms with E-state index in [0.29, 0.717) is 6.92 Å². The van der Waals surface area contributed by atoms with E-state index in [0.717, 1.165) is 12.1 Å². The topological polar surface area (TPSA) is 116 Å². The van der Waals surface area contributed by atoms with Gasteiger partial charge in [-0.3, -0.25) is 0 Å². The number of hydrogen-bond donors (Lipinski definition) is 0. The van der Waals surface area contributed by atoms with Crippen molar-refractivity contribution < 1.29 is 87.1 Å². The van der Waals surface area contributed by atoms with Gasteiger partial charge in [-0.2, -0.15) is 80.8 Å². The summed E-state index contributed by atoms with van der Waals surface area (Å²) in [7, 11) is -9.76. The molecule has 0 aromatic carbocycles. The first-order valence-electron chi connectivity index (χ1n) is 10.9. The number of alkyl halides is 16. The number of nitriles is 2. The van der Waals surface area contributed by atoms with Gasteiger partial charge in [-0.15, -0.1) is 0 Å². The van der Waals surface area contributed by atoms with Gasteiger partial charge in [0.05, 0.1) is 23.6 Å². The molecule has 0 aromatic rings. The Labute approximate surface area is 233 Å². The molecule has 0 aromatic heterocycles. The fourth-order valence-corrected chi connectivity index (χ4v) is 5.46. The summed E-state index contributed by atoms with van der Waals surface area (Å²) in [6.45, 7) is 0.555. The maximum atomic E-state index is 12.7. The molecule has 43 heavy (non-hydrogen) atoms. The number of nitrogens with zero attached hydrogens (tertiary/aromatic N) is 2. The Kier molecular flexibility index (Phi) is 14.2. The second-order valence-corrected chi connectivity index (χ2v) is 13.7. The minimum atomic E-state index is -5.99. The second-order valence-electron chi connectivity index (χ2n) is 8.82. The maximum absolute atomic E-state index is 12.7. The van der Waals surface area contributed by atoms with Crippen LogP contribution in [0.2, 0.25) is 0 Å². The number of rotatable bonds is 12. The lowest BCUT2D eigenvalue weighted by molar-refractivity contribution is -0.282. The molecule has 0 radical (unpaired) electrons. The van der Waals surface area contributed by atoms with Crippen LogP contribution in [-0.2, 0) is 19.7 Å². The molecule has 0 rings (SSSR count). The Morgan fingerprint density at radius 2 is 0.953 bits per heavy atom. The molecule has 0 saturated heterocycles. The standard InChI is InChI=1S/C10H11F8NO2S.C9H9F8NO2S/c1-7(6-19,2-3-9(13,14)15)22(20,21)5-4-8(11,12)10(16,17)18;10-7(11,9(15,16)17)3-4-21(19,20)6(5-18)1-2-8(12,13)14/h2-5H2,1H3;6H,1-4H2. The van der Waals surface area contributed by atoms with E-state index in [-0.39, 0.29) is 0 Å². The van der Waals surface area contributed by atoms with E-state index in [4.69, 9.17) is 10.5 Å². The van der Waals surface area contributed by atoms with Crippen molar-refractivity contribution in [2.24, 2.45) is 0 Å². The van der Waals surface area contributed by atoms with Crippen molar-refractivity contribution in [3.63, 3.8) is 0 Å². The van der Waals surface area contributed by atoms with Crippen LogP contribution in [0.15, 0.2) is 0 Å². The van der Waals surface area contributed by atoms with Crippen LogP contribution < -0.4 is 0 Å². The van der Waals surface area contributed by atoms with Crippen LogP contribution in [0.4, 0.5) is 70.2 Å². The molecular formula is C19H20F16N2O4S2. The Morgan fingerprint density at radius 1 is 0.581 bits per heavy atom. The van der Waals surface area contributed by atoms with Crippen molar-refractivity contribution in [1.29, 1.82) is 10.5 Å². The van der Waals surface area contributed by atoms with E-state index in [1.807, 2.05) is 0 Å². The Morgan fingerprint density at radius 3 is 1.26 bits per heavy atom. The van der Waals surface area contributed by atoms with Crippen LogP contribution in [0.1, 0.15) is 45.4 Å². The first kappa shape index (κ1) is 42.9. The fourth-order valence-electron chi connectivity index (χ4n) is 2.46. The molecule has 0 N–H and O–H groups in total. The van der Waals surface area contributed by atoms with E-state index >= 15 is 0 Å². The number of hydrogen-bond acceptors (Lipinski definition) is 6. The smallest absolute Gasteiger partial charge is 0.227 e. The van der Waals surface area contributed by atoms with Gasteiger partial charge < -0.3 is 0 Å². The lowest BCUT2D eigenvalue weighted by atomic mass is 10.1. The van der Waals surface area contributed by atoms with Crippen molar-refractivity contribution in [3.05, 3.63) is 0 Å². The largest absolute Gasteiger partial charge is 0.453 e. The van der Waals surface area contributed by atoms with Crippen molar-refractivity contribution in [2.45, 2.75) is 92.0 Å². The quantitative estimate of drug-likeness (QED) is 0.205. The van der Waals surface area contributed by atoms with Gasteiger partial charge in [0.2, 0.25) is 0 Å². The Balaban J connectivity index is 0. The summed E-state index contributed by atoms with van der Waals surface area (Å²) in [6, 6.07) is 2.03. The lowest BCUT2D eigenvalue weighted by Gasteiger charge is -2.25. The van der Waals surface area contributed by atoms with Gasteiger partial charge in [-0.1, -0.05) is 0 Å². The van der Waals surface area contributed by atoms with Crippen molar-refractivity contribution in [1.82, 2.24) is 0 Å². The highest BCUT2D eigenvalue weighted by molar-refractivity contribution is 7.93. The predicted octanol–water partition coefficient (Wildman–Crippen LogP) is 6.84. The molecule has 2 unspecified atom stereocenters. The van der Waals surface area contributed by atoms with Crippen LogP contribution in [-0.4, -0.2) is 74.9 Å². The zero-order valence-corrected chi connectivity index (χ0v) is 22.8. The van der Waals surface area contributed by atoms with E-state index in [1.54, 1.807) is 0 Å². The zero-order chi connectivity index (χ0) is 35.1. The molecule has 0 heterocycles. The molecule has 0 aliphatic rings. The normalized spacial score (nSPS) is 16.3. The number of halogens is 16. The van der Waals surface area contributed by atoms with Crippen molar-refractivity contribution in [2.75, 3.05) is 11.5 Å². The fraction of sp³-hybridized carbons (Fsp3) is 0.895. The monoisotopic (exact) mass is 708 g/mol. The van der Waals surface area contributed by atoms with E-state index < -0.39 is 116 Å². The first-order chi connectivity index (χ1) is 18.6. The van der Waals surface area contributed by atoms with Crippen LogP contribution in [0.25, 0.3) is 0 Å². The molecule has 0 spiro atoms. The van der Waals surface area contributed by atoms with E-state index in [9.17, 15) is 87.1 Å². The summed E-state index contributed by atoms with van der Waals surface area (Å²) in [4.78, 5) is 0. The first-order valence-corrected chi connectivity index (χ1v) is 14.2. The zero-order valence-electron chi connectivity index (χ0n) is 21.1. The molecule has 0 aliphatic carbocycles. The average molecular weight is 708 g/mol. The maximum Gasteiger partial charge on any atom is 0.453 e. The van der Waals surface area contributed by atoms with Crippen LogP contribution in [0.5, 0.6) is 0 Å². The van der Waals surface area contributed by atoms with Crippen LogP contribution in [0, 0.1) is 22.7 Å². The molecule has 0 aliphatic heterocycles. The molecule has 0 saturated carbocycles. The van der Waals surface area contributed by atoms with Crippen molar-refractivity contribution in [3.8, 4) is 12.1 Å². The molecular weight excluding hydrogens is 688 g/mol. The molecule has 254 valence electrons. The summed E-state index contributed by atoms with van der Waals surface area (Å²) >= 11 is 0. The third kappa shape index (κ3) is 14.4. The third-order valence-electron chi connectivity index (χ3n) is 5.29. The molecule has 0 amide bonds. The second kappa shape index (κ2) is 14.2. The van der Waals surface area contributed by atoms with Gasteiger partial charge >= 0.3 is 36.6 Å². The number of sulfone groups is 2. The Hall–Kier alpha value is -2.24. The third-order valence-corrected chi connectivity index (χ3v) is 9.68. The van der Waals surface area contributed by atoms with Gasteiger partial charge in [0.15, 0.2) is 24.4 Å². The van der Waals surface area contributed by atoms with Gasteiger partial charge in [0, 0.05) is 25.7 Å². The molecule has 0 fully saturated rings. The van der Waals surface area contributed by atoms with Gasteiger partial charge in [0.25, 0.3) is 0 Å². The minimum Gasteiger partial charge on any atom is -0.227 e. The summed E-state index contributed by atoms with van der Waals surface area (Å²) in [5.74, 6) is -14.1. The summed E-state index contributed by atoms with van der Waals surface area (Å²) < 4.78 is 237. The SMILES string of the molecule is CC(C#N)(CCC(F)(F)F)S(=O)(=O)CCC(F)(F)C(F)(F)F.N#CC(CCC(F)(F)F)S(=O)(=O)CCC(F)(F)C(F)(F)F. The summed E-state index contributed by atoms with van der Waals surface area (Å²) in [5, 5.41) is 14.9. The van der Waals surface area contributed by atoms with Crippen LogP contribution >= 0.6 is 0 Å². The lowest BCUT2D eigenvalue weighted by Crippen LogP contribution is -2.42. The highest BCUT2D eigenvalue weighted by Crippen LogP contribution is 2.40. The van der Waals surface area contributed by atoms with Gasteiger partial charge in [0.1, 0.15) is 5.25 Å². The summed E-state index contributed by atoms with van der Waals surface area (Å²) in [5.41, 5.74) is 0. The minimum absolute atomic E-state index is 0.555. The van der Waals surface area contributed by atoms with Gasteiger partial charge in [-0.25, -0.2) is 16.8 Å². The highest BCUT2D eigenvalue weighted by Gasteiger charge is 2.58. The Bertz CT molecular complexity index is 1210. The predicted molar refractivity (Wildman–Crippen MR) is 113 cm³/mol. The van der Waals surface area contributed by atoms with Gasteiger partial charge in [-0.05, 0) is 19.8 Å². The molecule has 2 atom stereocenters. The van der Waals surface area contributed by atoms with Crippen LogP contribution in [0.3, 0.4) is 0 Å². The average Bonchev–Trinajstić information content (AvgIpc) is 2.78. The van der Waals surface area contributed by atoms with E-state index in [2.05, 4.69) is 0 Å². The summed E-state index contributed by atoms with van der Waals surface area (Å²) in [6.07, 6.45) is -31.7. The molecule has 0 bridgehead atoms. The van der Waals surface area contributed by atoms with Crippen molar-refractivity contribution >= 4 is 19.7 Å².